The number of carbonyl (C=O) groups is 2. The third kappa shape index (κ3) is 3.02. The van der Waals surface area contributed by atoms with Crippen LogP contribution in [-0.2, 0) is 4.74 Å². The number of morpholine rings is 1. The molecule has 0 radical (unpaired) electrons. The Bertz CT molecular complexity index is 1280. The number of hydrogen-bond acceptors (Lipinski definition) is 6. The summed E-state index contributed by atoms with van der Waals surface area (Å²) in [5.74, 6) is 0.312. The molecule has 0 N–H and O–H groups in total. The molecule has 1 aliphatic rings. The zero-order chi connectivity index (χ0) is 20.7. The van der Waals surface area contributed by atoms with Crippen molar-refractivity contribution in [2.75, 3.05) is 19.7 Å². The lowest BCUT2D eigenvalue weighted by Crippen LogP contribution is -2.43. The average Bonchev–Trinajstić information content (AvgIpc) is 3.25. The minimum absolute atomic E-state index is 0.184. The molecule has 1 unspecified atom stereocenters. The first-order valence-corrected chi connectivity index (χ1v) is 9.71. The second-order valence-corrected chi connectivity index (χ2v) is 7.27. The van der Waals surface area contributed by atoms with Crippen LogP contribution in [0.15, 0.2) is 48.8 Å². The summed E-state index contributed by atoms with van der Waals surface area (Å²) < 4.78 is 7.60. The van der Waals surface area contributed by atoms with Crippen LogP contribution in [-0.4, -0.2) is 56.4 Å². The Morgan fingerprint density at radius 3 is 2.97 bits per heavy atom. The lowest BCUT2D eigenvalue weighted by atomic mass is 9.98. The van der Waals surface area contributed by atoms with E-state index in [2.05, 4.69) is 15.1 Å². The van der Waals surface area contributed by atoms with E-state index in [0.29, 0.717) is 36.6 Å². The molecule has 0 spiro atoms. The lowest BCUT2D eigenvalue weighted by molar-refractivity contribution is -0.0257. The van der Waals surface area contributed by atoms with Gasteiger partial charge in [-0.3, -0.25) is 9.59 Å². The molecule has 3 heterocycles. The Labute approximate surface area is 172 Å². The summed E-state index contributed by atoms with van der Waals surface area (Å²) in [7, 11) is 0. The molecule has 2 aromatic heterocycles. The van der Waals surface area contributed by atoms with Crippen molar-refractivity contribution in [2.45, 2.75) is 13.0 Å². The summed E-state index contributed by atoms with van der Waals surface area (Å²) in [4.78, 5) is 35.4. The van der Waals surface area contributed by atoms with E-state index in [0.717, 1.165) is 28.4 Å². The van der Waals surface area contributed by atoms with Crippen molar-refractivity contribution in [1.29, 1.82) is 0 Å². The normalized spacial score (nSPS) is 16.8. The molecule has 8 nitrogen and oxygen atoms in total. The standard InChI is InChI=1S/C22H19N5O3/c1-14-10-19(27-22(25-14)23-13-24-27)20-11-26(8-9-30-20)21(29)17-7-6-15-4-2-3-5-16(15)18(17)12-28/h2-7,10,12-13,20H,8-9,11H2,1H3. The van der Waals surface area contributed by atoms with Gasteiger partial charge in [0.15, 0.2) is 6.29 Å². The van der Waals surface area contributed by atoms with Crippen LogP contribution in [0.2, 0.25) is 0 Å². The Morgan fingerprint density at radius 1 is 1.23 bits per heavy atom. The van der Waals surface area contributed by atoms with E-state index >= 15 is 0 Å². The highest BCUT2D eigenvalue weighted by Crippen LogP contribution is 2.26. The summed E-state index contributed by atoms with van der Waals surface area (Å²) in [5.41, 5.74) is 2.41. The van der Waals surface area contributed by atoms with Gasteiger partial charge in [0, 0.05) is 17.8 Å². The maximum Gasteiger partial charge on any atom is 0.254 e. The van der Waals surface area contributed by atoms with Gasteiger partial charge in [-0.05, 0) is 29.8 Å². The molecule has 150 valence electrons. The quantitative estimate of drug-likeness (QED) is 0.490. The maximum absolute atomic E-state index is 13.3. The summed E-state index contributed by atoms with van der Waals surface area (Å²) in [6, 6.07) is 13.1. The number of benzene rings is 2. The third-order valence-electron chi connectivity index (χ3n) is 5.41. The number of hydrogen-bond donors (Lipinski definition) is 0. The molecule has 1 aliphatic heterocycles. The zero-order valence-electron chi connectivity index (χ0n) is 16.4. The molecule has 1 amide bonds. The minimum Gasteiger partial charge on any atom is -0.368 e. The Hall–Kier alpha value is -3.65. The van der Waals surface area contributed by atoms with Gasteiger partial charge in [0.1, 0.15) is 12.4 Å². The molecule has 0 bridgehead atoms. The van der Waals surface area contributed by atoms with Crippen molar-refractivity contribution in [1.82, 2.24) is 24.5 Å². The lowest BCUT2D eigenvalue weighted by Gasteiger charge is -2.33. The molecular weight excluding hydrogens is 382 g/mol. The van der Waals surface area contributed by atoms with Crippen molar-refractivity contribution >= 4 is 28.7 Å². The maximum atomic E-state index is 13.3. The van der Waals surface area contributed by atoms with Gasteiger partial charge in [0.05, 0.1) is 24.4 Å². The van der Waals surface area contributed by atoms with Crippen molar-refractivity contribution in [3.8, 4) is 0 Å². The number of nitrogens with zero attached hydrogens (tertiary/aromatic N) is 5. The molecule has 30 heavy (non-hydrogen) atoms. The largest absolute Gasteiger partial charge is 0.368 e. The first kappa shape index (κ1) is 18.4. The van der Waals surface area contributed by atoms with Gasteiger partial charge in [0.25, 0.3) is 11.7 Å². The van der Waals surface area contributed by atoms with Crippen LogP contribution in [0.25, 0.3) is 16.6 Å². The van der Waals surface area contributed by atoms with E-state index in [1.165, 1.54) is 6.33 Å². The van der Waals surface area contributed by atoms with Gasteiger partial charge in [-0.2, -0.15) is 14.6 Å². The molecular formula is C22H19N5O3. The van der Waals surface area contributed by atoms with Crippen LogP contribution in [0.1, 0.15) is 38.2 Å². The van der Waals surface area contributed by atoms with Gasteiger partial charge < -0.3 is 9.64 Å². The average molecular weight is 401 g/mol. The van der Waals surface area contributed by atoms with Crippen molar-refractivity contribution in [3.63, 3.8) is 0 Å². The van der Waals surface area contributed by atoms with Crippen LogP contribution < -0.4 is 0 Å². The van der Waals surface area contributed by atoms with E-state index in [1.807, 2.05) is 43.3 Å². The number of rotatable bonds is 3. The summed E-state index contributed by atoms with van der Waals surface area (Å²) in [6.07, 6.45) is 1.84. The van der Waals surface area contributed by atoms with Gasteiger partial charge in [-0.15, -0.1) is 0 Å². The van der Waals surface area contributed by atoms with E-state index in [-0.39, 0.29) is 12.0 Å². The number of aldehydes is 1. The summed E-state index contributed by atoms with van der Waals surface area (Å²) >= 11 is 0. The Kier molecular flexibility index (Phi) is 4.48. The smallest absolute Gasteiger partial charge is 0.254 e. The molecule has 0 aliphatic carbocycles. The molecule has 2 aromatic carbocycles. The minimum atomic E-state index is -0.367. The first-order chi connectivity index (χ1) is 14.7. The highest BCUT2D eigenvalue weighted by molar-refractivity contribution is 6.09. The van der Waals surface area contributed by atoms with E-state index in [4.69, 9.17) is 4.74 Å². The molecule has 5 rings (SSSR count). The van der Waals surface area contributed by atoms with Crippen LogP contribution >= 0.6 is 0 Å². The Balaban J connectivity index is 1.49. The van der Waals surface area contributed by atoms with Gasteiger partial charge in [0.2, 0.25) is 0 Å². The van der Waals surface area contributed by atoms with Crippen LogP contribution in [0.5, 0.6) is 0 Å². The topological polar surface area (TPSA) is 89.7 Å². The van der Waals surface area contributed by atoms with E-state index in [9.17, 15) is 9.59 Å². The molecule has 8 heteroatoms. The fourth-order valence-corrected chi connectivity index (χ4v) is 3.98. The number of amides is 1. The van der Waals surface area contributed by atoms with Crippen molar-refractivity contribution < 1.29 is 14.3 Å². The third-order valence-corrected chi connectivity index (χ3v) is 5.41. The van der Waals surface area contributed by atoms with Crippen molar-refractivity contribution in [2.24, 2.45) is 0 Å². The zero-order valence-corrected chi connectivity index (χ0v) is 16.4. The van der Waals surface area contributed by atoms with Gasteiger partial charge >= 0.3 is 0 Å². The van der Waals surface area contributed by atoms with Crippen molar-refractivity contribution in [3.05, 3.63) is 71.3 Å². The van der Waals surface area contributed by atoms with Crippen LogP contribution in [0.4, 0.5) is 0 Å². The predicted molar refractivity (Wildman–Crippen MR) is 109 cm³/mol. The second kappa shape index (κ2) is 7.31. The molecule has 1 atom stereocenters. The highest BCUT2D eigenvalue weighted by Gasteiger charge is 2.29. The molecule has 1 fully saturated rings. The summed E-state index contributed by atoms with van der Waals surface area (Å²) in [6.45, 7) is 3.07. The SMILES string of the molecule is Cc1cc(C2CN(C(=O)c3ccc4ccccc4c3C=O)CCO2)n2ncnc2n1. The predicted octanol–water partition coefficient (Wildman–Crippen LogP) is 2.61. The van der Waals surface area contributed by atoms with E-state index in [1.54, 1.807) is 15.5 Å². The van der Waals surface area contributed by atoms with Crippen LogP contribution in [0, 0.1) is 6.92 Å². The monoisotopic (exact) mass is 401 g/mol. The number of carbonyl (C=O) groups excluding carboxylic acids is 2. The molecule has 4 aromatic rings. The number of fused-ring (bicyclic) bond motifs is 2. The molecule has 0 saturated carbocycles. The number of aromatic nitrogens is 4. The van der Waals surface area contributed by atoms with Crippen LogP contribution in [0.3, 0.4) is 0 Å². The number of ether oxygens (including phenoxy) is 1. The Morgan fingerprint density at radius 2 is 2.10 bits per heavy atom. The first-order valence-electron chi connectivity index (χ1n) is 9.71. The number of aryl methyl sites for hydroxylation is 1. The summed E-state index contributed by atoms with van der Waals surface area (Å²) in [5, 5.41) is 5.94. The van der Waals surface area contributed by atoms with Gasteiger partial charge in [-0.25, -0.2) is 4.98 Å². The fraction of sp³-hybridized carbons (Fsp3) is 0.227. The second-order valence-electron chi connectivity index (χ2n) is 7.27. The highest BCUT2D eigenvalue weighted by atomic mass is 16.5. The molecule has 1 saturated heterocycles. The fourth-order valence-electron chi connectivity index (χ4n) is 3.98. The van der Waals surface area contributed by atoms with E-state index < -0.39 is 0 Å². The van der Waals surface area contributed by atoms with Gasteiger partial charge in [-0.1, -0.05) is 30.3 Å².